The molecule has 0 aliphatic heterocycles. The highest BCUT2D eigenvalue weighted by Gasteiger charge is 2.13. The van der Waals surface area contributed by atoms with Crippen LogP contribution in [0.1, 0.15) is 16.1 Å². The van der Waals surface area contributed by atoms with E-state index in [1.165, 1.54) is 0 Å². The van der Waals surface area contributed by atoms with Gasteiger partial charge in [0.2, 0.25) is 0 Å². The standard InChI is InChI=1S/C13H11N3O/c1-8-6-12(16-15-8)13-10(7-17)9-4-2-3-5-11(9)14-13/h2-7,14H,1H3,(H,15,16). The molecule has 3 rings (SSSR count). The lowest BCUT2D eigenvalue weighted by Crippen LogP contribution is -1.84. The van der Waals surface area contributed by atoms with E-state index in [0.29, 0.717) is 5.56 Å². The first kappa shape index (κ1) is 9.84. The summed E-state index contributed by atoms with van der Waals surface area (Å²) in [7, 11) is 0. The van der Waals surface area contributed by atoms with Gasteiger partial charge in [-0.05, 0) is 19.1 Å². The maximum absolute atomic E-state index is 11.2. The number of aromatic amines is 2. The molecule has 1 aromatic carbocycles. The SMILES string of the molecule is Cc1cc(-c2[nH]c3ccccc3c2C=O)n[nH]1. The van der Waals surface area contributed by atoms with E-state index in [1.807, 2.05) is 37.3 Å². The van der Waals surface area contributed by atoms with Gasteiger partial charge in [0, 0.05) is 22.2 Å². The lowest BCUT2D eigenvalue weighted by Gasteiger charge is -1.92. The summed E-state index contributed by atoms with van der Waals surface area (Å²) >= 11 is 0. The Bertz CT molecular complexity index is 694. The first-order valence-corrected chi connectivity index (χ1v) is 5.38. The van der Waals surface area contributed by atoms with E-state index in [1.54, 1.807) is 0 Å². The largest absolute Gasteiger partial charge is 0.353 e. The lowest BCUT2D eigenvalue weighted by molar-refractivity contribution is 0.112. The molecule has 0 aliphatic carbocycles. The van der Waals surface area contributed by atoms with Crippen molar-refractivity contribution in [2.75, 3.05) is 0 Å². The highest BCUT2D eigenvalue weighted by molar-refractivity contribution is 6.03. The van der Waals surface area contributed by atoms with Gasteiger partial charge in [0.05, 0.1) is 5.69 Å². The maximum Gasteiger partial charge on any atom is 0.152 e. The van der Waals surface area contributed by atoms with Crippen LogP contribution in [0.3, 0.4) is 0 Å². The molecular weight excluding hydrogens is 214 g/mol. The zero-order valence-electron chi connectivity index (χ0n) is 9.32. The second-order valence-corrected chi connectivity index (χ2v) is 4.01. The highest BCUT2D eigenvalue weighted by atomic mass is 16.1. The van der Waals surface area contributed by atoms with E-state index in [9.17, 15) is 4.79 Å². The molecule has 0 radical (unpaired) electrons. The summed E-state index contributed by atoms with van der Waals surface area (Å²) in [4.78, 5) is 14.5. The third kappa shape index (κ3) is 1.45. The van der Waals surface area contributed by atoms with Crippen LogP contribution in [0.15, 0.2) is 30.3 Å². The number of carbonyl (C=O) groups is 1. The molecule has 3 aromatic rings. The number of hydrogen-bond donors (Lipinski definition) is 2. The number of carbonyl (C=O) groups excluding carboxylic acids is 1. The quantitative estimate of drug-likeness (QED) is 0.658. The van der Waals surface area contributed by atoms with E-state index < -0.39 is 0 Å². The fraction of sp³-hybridized carbons (Fsp3) is 0.0769. The third-order valence-corrected chi connectivity index (χ3v) is 2.83. The van der Waals surface area contributed by atoms with Crippen LogP contribution in [0.2, 0.25) is 0 Å². The molecule has 17 heavy (non-hydrogen) atoms. The van der Waals surface area contributed by atoms with Gasteiger partial charge < -0.3 is 4.98 Å². The van der Waals surface area contributed by atoms with Crippen LogP contribution in [0.4, 0.5) is 0 Å². The smallest absolute Gasteiger partial charge is 0.152 e. The number of hydrogen-bond acceptors (Lipinski definition) is 2. The Kier molecular flexibility index (Phi) is 2.08. The van der Waals surface area contributed by atoms with Crippen molar-refractivity contribution >= 4 is 17.2 Å². The number of aldehydes is 1. The van der Waals surface area contributed by atoms with Crippen molar-refractivity contribution in [1.29, 1.82) is 0 Å². The van der Waals surface area contributed by atoms with Gasteiger partial charge in [0.15, 0.2) is 6.29 Å². The van der Waals surface area contributed by atoms with Crippen molar-refractivity contribution in [1.82, 2.24) is 15.2 Å². The Hall–Kier alpha value is -2.36. The van der Waals surface area contributed by atoms with Gasteiger partial charge in [0.25, 0.3) is 0 Å². The van der Waals surface area contributed by atoms with Crippen LogP contribution >= 0.6 is 0 Å². The van der Waals surface area contributed by atoms with E-state index >= 15 is 0 Å². The average molecular weight is 225 g/mol. The first-order valence-electron chi connectivity index (χ1n) is 5.38. The molecular formula is C13H11N3O. The summed E-state index contributed by atoms with van der Waals surface area (Å²) in [6.07, 6.45) is 0.873. The molecule has 2 heterocycles. The van der Waals surface area contributed by atoms with E-state index in [4.69, 9.17) is 0 Å². The van der Waals surface area contributed by atoms with Gasteiger partial charge in [-0.2, -0.15) is 5.10 Å². The Labute approximate surface area is 97.7 Å². The van der Waals surface area contributed by atoms with Crippen LogP contribution < -0.4 is 0 Å². The number of H-pyrrole nitrogens is 2. The zero-order valence-corrected chi connectivity index (χ0v) is 9.32. The van der Waals surface area contributed by atoms with Crippen molar-refractivity contribution < 1.29 is 4.79 Å². The lowest BCUT2D eigenvalue weighted by atomic mass is 10.1. The molecule has 4 nitrogen and oxygen atoms in total. The van der Waals surface area contributed by atoms with Crippen molar-refractivity contribution in [2.45, 2.75) is 6.92 Å². The van der Waals surface area contributed by atoms with Gasteiger partial charge in [-0.25, -0.2) is 0 Å². The molecule has 4 heteroatoms. The number of nitrogens with zero attached hydrogens (tertiary/aromatic N) is 1. The monoisotopic (exact) mass is 225 g/mol. The van der Waals surface area contributed by atoms with Crippen molar-refractivity contribution in [3.05, 3.63) is 41.6 Å². The molecule has 84 valence electrons. The zero-order chi connectivity index (χ0) is 11.8. The Balaban J connectivity index is 2.32. The maximum atomic E-state index is 11.2. The summed E-state index contributed by atoms with van der Waals surface area (Å²) in [6.45, 7) is 1.93. The van der Waals surface area contributed by atoms with Crippen LogP contribution in [-0.4, -0.2) is 21.5 Å². The number of fused-ring (bicyclic) bond motifs is 1. The number of para-hydroxylation sites is 1. The Morgan fingerprint density at radius 1 is 1.29 bits per heavy atom. The average Bonchev–Trinajstić information content (AvgIpc) is 2.91. The Morgan fingerprint density at radius 3 is 2.82 bits per heavy atom. The van der Waals surface area contributed by atoms with Gasteiger partial charge in [-0.1, -0.05) is 18.2 Å². The highest BCUT2D eigenvalue weighted by Crippen LogP contribution is 2.27. The minimum Gasteiger partial charge on any atom is -0.353 e. The summed E-state index contributed by atoms with van der Waals surface area (Å²) in [5, 5.41) is 7.98. The van der Waals surface area contributed by atoms with Gasteiger partial charge >= 0.3 is 0 Å². The molecule has 2 N–H and O–H groups in total. The van der Waals surface area contributed by atoms with Crippen LogP contribution in [0.25, 0.3) is 22.3 Å². The van der Waals surface area contributed by atoms with Crippen molar-refractivity contribution in [3.8, 4) is 11.4 Å². The van der Waals surface area contributed by atoms with Crippen molar-refractivity contribution in [2.24, 2.45) is 0 Å². The summed E-state index contributed by atoms with van der Waals surface area (Å²) in [5.74, 6) is 0. The summed E-state index contributed by atoms with van der Waals surface area (Å²) < 4.78 is 0. The second-order valence-electron chi connectivity index (χ2n) is 4.01. The molecule has 0 bridgehead atoms. The summed E-state index contributed by atoms with van der Waals surface area (Å²) in [5.41, 5.74) is 4.11. The number of aromatic nitrogens is 3. The molecule has 0 saturated heterocycles. The van der Waals surface area contributed by atoms with Crippen molar-refractivity contribution in [3.63, 3.8) is 0 Å². The number of nitrogens with one attached hydrogen (secondary N) is 2. The molecule has 0 fully saturated rings. The van der Waals surface area contributed by atoms with Gasteiger partial charge in [0.1, 0.15) is 5.69 Å². The van der Waals surface area contributed by atoms with E-state index in [0.717, 1.165) is 34.3 Å². The number of benzene rings is 1. The molecule has 0 aliphatic rings. The van der Waals surface area contributed by atoms with Gasteiger partial charge in [-0.15, -0.1) is 0 Å². The minimum atomic E-state index is 0.659. The molecule has 0 atom stereocenters. The first-order chi connectivity index (χ1) is 8.29. The van der Waals surface area contributed by atoms with E-state index in [-0.39, 0.29) is 0 Å². The normalized spacial score (nSPS) is 10.9. The van der Waals surface area contributed by atoms with Crippen LogP contribution in [0.5, 0.6) is 0 Å². The summed E-state index contributed by atoms with van der Waals surface area (Å²) in [6, 6.07) is 9.65. The molecule has 2 aromatic heterocycles. The number of aryl methyl sites for hydroxylation is 1. The fourth-order valence-corrected chi connectivity index (χ4v) is 2.03. The fourth-order valence-electron chi connectivity index (χ4n) is 2.03. The molecule has 0 spiro atoms. The molecule has 0 amide bonds. The van der Waals surface area contributed by atoms with E-state index in [2.05, 4.69) is 15.2 Å². The minimum absolute atomic E-state index is 0.659. The predicted molar refractivity (Wildman–Crippen MR) is 66.0 cm³/mol. The number of rotatable bonds is 2. The second kappa shape index (κ2) is 3.59. The predicted octanol–water partition coefficient (Wildman–Crippen LogP) is 2.68. The molecule has 0 saturated carbocycles. The molecule has 0 unspecified atom stereocenters. The van der Waals surface area contributed by atoms with Crippen LogP contribution in [0, 0.1) is 6.92 Å². The topological polar surface area (TPSA) is 61.5 Å². The Morgan fingerprint density at radius 2 is 2.12 bits per heavy atom. The van der Waals surface area contributed by atoms with Crippen LogP contribution in [-0.2, 0) is 0 Å². The third-order valence-electron chi connectivity index (χ3n) is 2.83. The van der Waals surface area contributed by atoms with Gasteiger partial charge in [-0.3, -0.25) is 9.89 Å².